The summed E-state index contributed by atoms with van der Waals surface area (Å²) in [5.41, 5.74) is 0. The third kappa shape index (κ3) is 1.47. The Bertz CT molecular complexity index is 378. The van der Waals surface area contributed by atoms with Gasteiger partial charge in [0.1, 0.15) is 0 Å². The molecule has 0 unspecified atom stereocenters. The lowest BCUT2D eigenvalue weighted by Gasteiger charge is -2.24. The molecule has 0 saturated carbocycles. The Morgan fingerprint density at radius 2 is 1.81 bits per heavy atom. The van der Waals surface area contributed by atoms with E-state index in [0.29, 0.717) is 6.04 Å². The van der Waals surface area contributed by atoms with Gasteiger partial charge in [-0.15, -0.1) is 0 Å². The number of likely N-dealkylation sites (tertiary alicyclic amines) is 1. The number of para-hydroxylation sites is 2. The normalized spacial score (nSPS) is 22.2. The van der Waals surface area contributed by atoms with Crippen molar-refractivity contribution in [3.8, 4) is 11.5 Å². The average molecular weight is 219 g/mol. The predicted molar refractivity (Wildman–Crippen MR) is 61.8 cm³/mol. The maximum absolute atomic E-state index is 5.97. The van der Waals surface area contributed by atoms with Crippen molar-refractivity contribution < 1.29 is 9.47 Å². The van der Waals surface area contributed by atoms with Gasteiger partial charge in [0.15, 0.2) is 11.5 Å². The smallest absolute Gasteiger partial charge is 0.265 e. The first-order valence-corrected chi connectivity index (χ1v) is 5.90. The molecule has 0 aromatic heterocycles. The van der Waals surface area contributed by atoms with Crippen LogP contribution in [0.2, 0.25) is 0 Å². The Kier molecular flexibility index (Phi) is 2.11. The van der Waals surface area contributed by atoms with Gasteiger partial charge in [-0.25, -0.2) is 0 Å². The molecule has 1 spiro atoms. The van der Waals surface area contributed by atoms with Crippen LogP contribution in [0.4, 0.5) is 0 Å². The predicted octanol–water partition coefficient (Wildman–Crippen LogP) is 2.27. The summed E-state index contributed by atoms with van der Waals surface area (Å²) >= 11 is 0. The van der Waals surface area contributed by atoms with E-state index in [-0.39, 0.29) is 0 Å². The lowest BCUT2D eigenvalue weighted by Crippen LogP contribution is -2.42. The molecule has 1 saturated heterocycles. The Hall–Kier alpha value is -1.22. The monoisotopic (exact) mass is 219 g/mol. The highest BCUT2D eigenvalue weighted by Gasteiger charge is 2.47. The summed E-state index contributed by atoms with van der Waals surface area (Å²) in [4.78, 5) is 2.39. The van der Waals surface area contributed by atoms with Gasteiger partial charge >= 0.3 is 0 Å². The first kappa shape index (κ1) is 9.97. The summed E-state index contributed by atoms with van der Waals surface area (Å²) in [6.45, 7) is 6.33. The molecule has 0 aliphatic carbocycles. The van der Waals surface area contributed by atoms with Gasteiger partial charge in [-0.3, -0.25) is 4.90 Å². The van der Waals surface area contributed by atoms with Crippen molar-refractivity contribution in [2.24, 2.45) is 0 Å². The van der Waals surface area contributed by atoms with E-state index in [4.69, 9.17) is 9.47 Å². The first-order chi connectivity index (χ1) is 7.69. The molecule has 3 rings (SSSR count). The van der Waals surface area contributed by atoms with Crippen molar-refractivity contribution >= 4 is 0 Å². The van der Waals surface area contributed by atoms with Gasteiger partial charge in [0.2, 0.25) is 0 Å². The van der Waals surface area contributed by atoms with Gasteiger partial charge in [0, 0.05) is 19.0 Å². The van der Waals surface area contributed by atoms with Crippen molar-refractivity contribution in [2.45, 2.75) is 32.1 Å². The number of ether oxygens (including phenoxy) is 2. The Balaban J connectivity index is 1.81. The van der Waals surface area contributed by atoms with Gasteiger partial charge in [0.05, 0.1) is 6.54 Å². The van der Waals surface area contributed by atoms with Crippen LogP contribution in [0.25, 0.3) is 0 Å². The summed E-state index contributed by atoms with van der Waals surface area (Å²) in [7, 11) is 0. The van der Waals surface area contributed by atoms with Crippen LogP contribution in [0.5, 0.6) is 11.5 Å². The number of nitrogens with zero attached hydrogens (tertiary/aromatic N) is 1. The zero-order valence-corrected chi connectivity index (χ0v) is 9.77. The number of rotatable bonds is 1. The summed E-state index contributed by atoms with van der Waals surface area (Å²) in [5.74, 6) is 1.34. The van der Waals surface area contributed by atoms with Crippen LogP contribution in [-0.4, -0.2) is 29.8 Å². The fraction of sp³-hybridized carbons (Fsp3) is 0.538. The van der Waals surface area contributed by atoms with Crippen molar-refractivity contribution in [3.05, 3.63) is 24.3 Å². The van der Waals surface area contributed by atoms with E-state index >= 15 is 0 Å². The standard InChI is InChI=1S/C13H17NO2/c1-10(2)14-8-7-13(9-14)15-11-5-3-4-6-12(11)16-13/h3-6,10H,7-9H2,1-2H3. The zero-order valence-electron chi connectivity index (χ0n) is 9.77. The minimum atomic E-state index is -0.423. The fourth-order valence-corrected chi connectivity index (χ4v) is 2.43. The summed E-state index contributed by atoms with van der Waals surface area (Å²) < 4.78 is 11.9. The Morgan fingerprint density at radius 3 is 2.31 bits per heavy atom. The minimum Gasteiger partial charge on any atom is -0.447 e. The van der Waals surface area contributed by atoms with Crippen LogP contribution in [0.3, 0.4) is 0 Å². The van der Waals surface area contributed by atoms with Gasteiger partial charge in [-0.2, -0.15) is 0 Å². The molecule has 0 bridgehead atoms. The number of hydrogen-bond acceptors (Lipinski definition) is 3. The fourth-order valence-electron chi connectivity index (χ4n) is 2.43. The highest BCUT2D eigenvalue weighted by molar-refractivity contribution is 5.43. The van der Waals surface area contributed by atoms with Crippen LogP contribution >= 0.6 is 0 Å². The molecular formula is C13H17NO2. The van der Waals surface area contributed by atoms with Gasteiger partial charge in [-0.1, -0.05) is 12.1 Å². The van der Waals surface area contributed by atoms with Crippen molar-refractivity contribution in [1.82, 2.24) is 4.90 Å². The lowest BCUT2D eigenvalue weighted by molar-refractivity contribution is -0.0690. The number of hydrogen-bond donors (Lipinski definition) is 0. The molecule has 0 radical (unpaired) electrons. The largest absolute Gasteiger partial charge is 0.447 e. The van der Waals surface area contributed by atoms with Gasteiger partial charge in [-0.05, 0) is 26.0 Å². The summed E-state index contributed by atoms with van der Waals surface area (Å²) in [6, 6.07) is 8.46. The molecule has 16 heavy (non-hydrogen) atoms. The second kappa shape index (κ2) is 3.39. The van der Waals surface area contributed by atoms with Crippen molar-refractivity contribution in [3.63, 3.8) is 0 Å². The molecule has 3 heteroatoms. The number of benzene rings is 1. The van der Waals surface area contributed by atoms with Gasteiger partial charge in [0.25, 0.3) is 5.79 Å². The minimum absolute atomic E-state index is 0.423. The molecule has 1 aromatic carbocycles. The van der Waals surface area contributed by atoms with E-state index in [9.17, 15) is 0 Å². The topological polar surface area (TPSA) is 21.7 Å². The van der Waals surface area contributed by atoms with E-state index in [0.717, 1.165) is 31.0 Å². The van der Waals surface area contributed by atoms with E-state index in [2.05, 4.69) is 18.7 Å². The lowest BCUT2D eigenvalue weighted by atomic mass is 10.2. The average Bonchev–Trinajstić information content (AvgIpc) is 2.82. The van der Waals surface area contributed by atoms with E-state index < -0.39 is 5.79 Å². The summed E-state index contributed by atoms with van der Waals surface area (Å²) in [6.07, 6.45) is 0.944. The quantitative estimate of drug-likeness (QED) is 0.723. The van der Waals surface area contributed by atoms with Crippen LogP contribution in [-0.2, 0) is 0 Å². The molecule has 1 fully saturated rings. The van der Waals surface area contributed by atoms with Crippen molar-refractivity contribution in [1.29, 1.82) is 0 Å². The molecule has 3 nitrogen and oxygen atoms in total. The third-order valence-electron chi connectivity index (χ3n) is 3.40. The van der Waals surface area contributed by atoms with Crippen LogP contribution in [0.15, 0.2) is 24.3 Å². The van der Waals surface area contributed by atoms with E-state index in [1.54, 1.807) is 0 Å². The highest BCUT2D eigenvalue weighted by atomic mass is 16.7. The molecule has 86 valence electrons. The maximum atomic E-state index is 5.97. The molecule has 2 aliphatic heterocycles. The molecule has 2 aliphatic rings. The van der Waals surface area contributed by atoms with Crippen LogP contribution in [0.1, 0.15) is 20.3 Å². The molecular weight excluding hydrogens is 202 g/mol. The van der Waals surface area contributed by atoms with Gasteiger partial charge < -0.3 is 9.47 Å². The van der Waals surface area contributed by atoms with E-state index in [1.165, 1.54) is 0 Å². The van der Waals surface area contributed by atoms with Crippen LogP contribution in [0, 0.1) is 0 Å². The van der Waals surface area contributed by atoms with Crippen molar-refractivity contribution in [2.75, 3.05) is 13.1 Å². The second-order valence-corrected chi connectivity index (χ2v) is 4.88. The highest BCUT2D eigenvalue weighted by Crippen LogP contribution is 2.43. The third-order valence-corrected chi connectivity index (χ3v) is 3.40. The first-order valence-electron chi connectivity index (χ1n) is 5.90. The maximum Gasteiger partial charge on any atom is 0.265 e. The zero-order chi connectivity index (χ0) is 11.2. The van der Waals surface area contributed by atoms with E-state index in [1.807, 2.05) is 24.3 Å². The molecule has 2 heterocycles. The molecule has 0 amide bonds. The SMILES string of the molecule is CC(C)N1CCC2(C1)Oc1ccccc1O2. The second-order valence-electron chi connectivity index (χ2n) is 4.88. The summed E-state index contributed by atoms with van der Waals surface area (Å²) in [5, 5.41) is 0. The number of fused-ring (bicyclic) bond motifs is 1. The molecule has 0 N–H and O–H groups in total. The Morgan fingerprint density at radius 1 is 1.19 bits per heavy atom. The Labute approximate surface area is 96.0 Å². The van der Waals surface area contributed by atoms with Crippen LogP contribution < -0.4 is 9.47 Å². The molecule has 0 atom stereocenters. The molecule has 1 aromatic rings.